The molecule has 7 heteroatoms. The van der Waals surface area contributed by atoms with Gasteiger partial charge in [0.2, 0.25) is 5.91 Å². The molecule has 0 aromatic carbocycles. The normalized spacial score (nSPS) is 30.3. The van der Waals surface area contributed by atoms with E-state index >= 15 is 0 Å². The Hall–Kier alpha value is -1.08. The van der Waals surface area contributed by atoms with Crippen LogP contribution >= 0.6 is 0 Å². The van der Waals surface area contributed by atoms with E-state index in [0.29, 0.717) is 25.6 Å². The second-order valence-corrected chi connectivity index (χ2v) is 7.28. The van der Waals surface area contributed by atoms with Gasteiger partial charge in [0.05, 0.1) is 11.5 Å². The zero-order valence-electron chi connectivity index (χ0n) is 14.0. The van der Waals surface area contributed by atoms with Gasteiger partial charge in [0.25, 0.3) is 6.92 Å². The predicted molar refractivity (Wildman–Crippen MR) is 89.4 cm³/mol. The van der Waals surface area contributed by atoms with Crippen molar-refractivity contribution in [2.75, 3.05) is 6.54 Å². The lowest BCUT2D eigenvalue weighted by molar-refractivity contribution is -0.149. The molecule has 23 heavy (non-hydrogen) atoms. The van der Waals surface area contributed by atoms with Crippen LogP contribution in [-0.4, -0.2) is 47.6 Å². The van der Waals surface area contributed by atoms with E-state index in [1.807, 2.05) is 0 Å². The monoisotopic (exact) mass is 324 g/mol. The second kappa shape index (κ2) is 8.15. The maximum Gasteiger partial charge on any atom is 0.309 e. The Morgan fingerprint density at radius 1 is 1.35 bits per heavy atom. The van der Waals surface area contributed by atoms with E-state index in [2.05, 4.69) is 10.6 Å². The summed E-state index contributed by atoms with van der Waals surface area (Å²) < 4.78 is 0. The molecule has 6 nitrogen and oxygen atoms in total. The Labute approximate surface area is 138 Å². The summed E-state index contributed by atoms with van der Waals surface area (Å²) in [6.07, 6.45) is 6.76. The molecule has 1 aliphatic heterocycles. The molecule has 2 fully saturated rings. The van der Waals surface area contributed by atoms with Crippen molar-refractivity contribution < 1.29 is 19.7 Å². The third-order valence-electron chi connectivity index (χ3n) is 5.31. The lowest BCUT2D eigenvalue weighted by Gasteiger charge is -2.25. The summed E-state index contributed by atoms with van der Waals surface area (Å²) in [6, 6.07) is -0.140. The molecule has 0 aromatic heterocycles. The van der Waals surface area contributed by atoms with Crippen molar-refractivity contribution in [3.05, 3.63) is 0 Å². The van der Waals surface area contributed by atoms with Crippen LogP contribution in [0.25, 0.3) is 0 Å². The summed E-state index contributed by atoms with van der Waals surface area (Å²) in [5.74, 6) is -0.729. The fourth-order valence-corrected chi connectivity index (χ4v) is 3.89. The maximum absolute atomic E-state index is 12.2. The largest absolute Gasteiger partial charge is 0.481 e. The average Bonchev–Trinajstić information content (AvgIpc) is 3.14. The second-order valence-electron chi connectivity index (χ2n) is 7.28. The zero-order valence-corrected chi connectivity index (χ0v) is 14.0. The Morgan fingerprint density at radius 2 is 2.13 bits per heavy atom. The van der Waals surface area contributed by atoms with Crippen LogP contribution in [0.4, 0.5) is 0 Å². The number of carboxylic acid groups (broad SMARTS) is 1. The first-order valence-corrected chi connectivity index (χ1v) is 8.88. The summed E-state index contributed by atoms with van der Waals surface area (Å²) in [5.41, 5.74) is -0.709. The molecule has 4 N–H and O–H groups in total. The molecule has 1 heterocycles. The van der Waals surface area contributed by atoms with E-state index in [0.717, 1.165) is 38.6 Å². The molecule has 1 saturated carbocycles. The maximum atomic E-state index is 12.2. The Balaban J connectivity index is 1.82. The van der Waals surface area contributed by atoms with Gasteiger partial charge in [-0.3, -0.25) is 9.59 Å². The van der Waals surface area contributed by atoms with Crippen LogP contribution in [0, 0.1) is 5.41 Å². The van der Waals surface area contributed by atoms with E-state index in [-0.39, 0.29) is 24.9 Å². The Kier molecular flexibility index (Phi) is 6.47. The van der Waals surface area contributed by atoms with Crippen molar-refractivity contribution in [3.63, 3.8) is 0 Å². The molecular weight excluding hydrogens is 295 g/mol. The molecule has 0 unspecified atom stereocenters. The third kappa shape index (κ3) is 4.95. The van der Waals surface area contributed by atoms with Gasteiger partial charge in [0.1, 0.15) is 0 Å². The number of hydrogen-bond donors (Lipinski definition) is 4. The number of carboxylic acids is 1. The van der Waals surface area contributed by atoms with E-state index < -0.39 is 11.4 Å². The standard InChI is InChI=1S/C16H29BN2O4/c1-17(23)9-3-2-7-16(15(21)22)8-6-12(11-16)19-14(20)13-5-4-10-18-13/h12-13,18,23H,2-11H2,1H3,(H,19,20)(H,21,22)/t12-,13-,16+/m0/s1. The van der Waals surface area contributed by atoms with Gasteiger partial charge in [-0.25, -0.2) is 0 Å². The van der Waals surface area contributed by atoms with Gasteiger partial charge < -0.3 is 20.8 Å². The molecule has 0 spiro atoms. The zero-order chi connectivity index (χ0) is 16.9. The molecule has 0 aromatic rings. The van der Waals surface area contributed by atoms with Crippen LogP contribution in [0.2, 0.25) is 13.1 Å². The lowest BCUT2D eigenvalue weighted by Crippen LogP contribution is -2.45. The van der Waals surface area contributed by atoms with Crippen LogP contribution in [0.3, 0.4) is 0 Å². The molecule has 130 valence electrons. The Bertz CT molecular complexity index is 426. The quantitative estimate of drug-likeness (QED) is 0.398. The first kappa shape index (κ1) is 18.3. The van der Waals surface area contributed by atoms with Crippen LogP contribution in [0.1, 0.15) is 51.4 Å². The topological polar surface area (TPSA) is 98.7 Å². The molecule has 1 saturated heterocycles. The highest BCUT2D eigenvalue weighted by molar-refractivity contribution is 6.48. The van der Waals surface area contributed by atoms with Crippen molar-refractivity contribution in [2.45, 2.75) is 76.6 Å². The predicted octanol–water partition coefficient (Wildman–Crippen LogP) is 1.26. The van der Waals surface area contributed by atoms with Crippen molar-refractivity contribution in [3.8, 4) is 0 Å². The summed E-state index contributed by atoms with van der Waals surface area (Å²) in [4.78, 5) is 23.9. The van der Waals surface area contributed by atoms with Crippen LogP contribution in [0.5, 0.6) is 0 Å². The minimum absolute atomic E-state index is 0.0165. The van der Waals surface area contributed by atoms with E-state index in [9.17, 15) is 19.7 Å². The van der Waals surface area contributed by atoms with Crippen LogP contribution in [0.15, 0.2) is 0 Å². The van der Waals surface area contributed by atoms with Crippen LogP contribution in [-0.2, 0) is 9.59 Å². The molecule has 0 bridgehead atoms. The van der Waals surface area contributed by atoms with E-state index in [1.165, 1.54) is 0 Å². The first-order chi connectivity index (χ1) is 10.9. The molecule has 1 aliphatic carbocycles. The van der Waals surface area contributed by atoms with Crippen molar-refractivity contribution in [1.29, 1.82) is 0 Å². The summed E-state index contributed by atoms with van der Waals surface area (Å²) in [6.45, 7) is 2.31. The summed E-state index contributed by atoms with van der Waals surface area (Å²) >= 11 is 0. The van der Waals surface area contributed by atoms with Gasteiger partial charge in [-0.1, -0.05) is 19.7 Å². The molecular formula is C16H29BN2O4. The Morgan fingerprint density at radius 3 is 2.74 bits per heavy atom. The number of carbonyl (C=O) groups excluding carboxylic acids is 1. The van der Waals surface area contributed by atoms with Crippen molar-refractivity contribution >= 4 is 18.8 Å². The highest BCUT2D eigenvalue weighted by Crippen LogP contribution is 2.43. The molecule has 0 radical (unpaired) electrons. The number of hydrogen-bond acceptors (Lipinski definition) is 4. The minimum Gasteiger partial charge on any atom is -0.481 e. The highest BCUT2D eigenvalue weighted by atomic mass is 16.4. The van der Waals surface area contributed by atoms with Gasteiger partial charge >= 0.3 is 5.97 Å². The molecule has 2 rings (SSSR count). The number of carbonyl (C=O) groups is 2. The number of rotatable bonds is 8. The average molecular weight is 324 g/mol. The van der Waals surface area contributed by atoms with Gasteiger partial charge in [0, 0.05) is 6.04 Å². The molecule has 1 amide bonds. The number of amides is 1. The lowest BCUT2D eigenvalue weighted by atomic mass is 9.66. The van der Waals surface area contributed by atoms with E-state index in [1.54, 1.807) is 6.82 Å². The SMILES string of the molecule is CB(O)CCCC[C@@]1(C(=O)O)CC[C@H](NC(=O)[C@@H]2CCCN2)C1. The number of unbranched alkanes of at least 4 members (excludes halogenated alkanes) is 1. The fraction of sp³-hybridized carbons (Fsp3) is 0.875. The summed E-state index contributed by atoms with van der Waals surface area (Å²) in [7, 11) is 0. The smallest absolute Gasteiger partial charge is 0.309 e. The molecule has 3 atom stereocenters. The van der Waals surface area contributed by atoms with Gasteiger partial charge in [-0.15, -0.1) is 0 Å². The molecule has 2 aliphatic rings. The summed E-state index contributed by atoms with van der Waals surface area (Å²) in [5, 5.41) is 25.2. The van der Waals surface area contributed by atoms with Crippen LogP contribution < -0.4 is 10.6 Å². The van der Waals surface area contributed by atoms with E-state index in [4.69, 9.17) is 0 Å². The highest BCUT2D eigenvalue weighted by Gasteiger charge is 2.45. The third-order valence-corrected chi connectivity index (χ3v) is 5.31. The van der Waals surface area contributed by atoms with Gasteiger partial charge in [-0.2, -0.15) is 0 Å². The van der Waals surface area contributed by atoms with Crippen molar-refractivity contribution in [2.24, 2.45) is 5.41 Å². The van der Waals surface area contributed by atoms with Crippen molar-refractivity contribution in [1.82, 2.24) is 10.6 Å². The fourth-order valence-electron chi connectivity index (χ4n) is 3.89. The number of nitrogens with one attached hydrogen (secondary N) is 2. The first-order valence-electron chi connectivity index (χ1n) is 8.88. The number of aliphatic carboxylic acids is 1. The van der Waals surface area contributed by atoms with Gasteiger partial charge in [0.15, 0.2) is 0 Å². The van der Waals surface area contributed by atoms with Gasteiger partial charge in [-0.05, 0) is 51.4 Å². The minimum atomic E-state index is -0.745.